The highest BCUT2D eigenvalue weighted by Gasteiger charge is 2.29. The summed E-state index contributed by atoms with van der Waals surface area (Å²) in [6, 6.07) is 0. The number of likely N-dealkylation sites (tertiary alicyclic amines) is 1. The molecule has 0 aromatic heterocycles. The molecule has 1 saturated heterocycles. The lowest BCUT2D eigenvalue weighted by atomic mass is 10.1. The number of nitrogens with zero attached hydrogens (tertiary/aromatic N) is 1. The average molecular weight is 185 g/mol. The van der Waals surface area contributed by atoms with E-state index in [1.165, 1.54) is 0 Å². The van der Waals surface area contributed by atoms with E-state index in [4.69, 9.17) is 4.74 Å². The lowest BCUT2D eigenvalue weighted by Crippen LogP contribution is -2.29. The second-order valence-corrected chi connectivity index (χ2v) is 4.78. The monoisotopic (exact) mass is 185 g/mol. The van der Waals surface area contributed by atoms with E-state index in [1.807, 2.05) is 27.8 Å². The summed E-state index contributed by atoms with van der Waals surface area (Å²) < 4.78 is 5.30. The molecule has 0 spiro atoms. The van der Waals surface area contributed by atoms with Gasteiger partial charge in [0, 0.05) is 6.54 Å². The molecule has 1 heterocycles. The number of carbonyl (C=O) groups is 1. The minimum absolute atomic E-state index is 0.0446. The van der Waals surface area contributed by atoms with Crippen LogP contribution < -0.4 is 0 Å². The highest BCUT2D eigenvalue weighted by Crippen LogP contribution is 2.19. The molecule has 0 bridgehead atoms. The first-order valence-corrected chi connectivity index (χ1v) is 4.80. The Hall–Kier alpha value is -0.570. The molecule has 1 aliphatic rings. The molecule has 1 atom stereocenters. The Balaban J connectivity index is 2.41. The highest BCUT2D eigenvalue weighted by atomic mass is 16.6. The van der Waals surface area contributed by atoms with Gasteiger partial charge in [0.2, 0.25) is 0 Å². The minimum atomic E-state index is -0.349. The van der Waals surface area contributed by atoms with E-state index in [9.17, 15) is 4.79 Å². The van der Waals surface area contributed by atoms with Crippen molar-refractivity contribution in [1.82, 2.24) is 4.90 Å². The van der Waals surface area contributed by atoms with Gasteiger partial charge >= 0.3 is 5.97 Å². The van der Waals surface area contributed by atoms with Crippen LogP contribution >= 0.6 is 0 Å². The van der Waals surface area contributed by atoms with Gasteiger partial charge < -0.3 is 9.64 Å². The summed E-state index contributed by atoms with van der Waals surface area (Å²) >= 11 is 0. The van der Waals surface area contributed by atoms with E-state index < -0.39 is 0 Å². The van der Waals surface area contributed by atoms with E-state index in [1.54, 1.807) is 0 Å². The predicted octanol–water partition coefficient (Wildman–Crippen LogP) is 1.28. The van der Waals surface area contributed by atoms with Gasteiger partial charge in [-0.25, -0.2) is 0 Å². The third kappa shape index (κ3) is 3.35. The van der Waals surface area contributed by atoms with Crippen molar-refractivity contribution in [2.75, 3.05) is 20.1 Å². The Labute approximate surface area is 80.1 Å². The molecule has 1 rings (SSSR count). The molecule has 3 nitrogen and oxygen atoms in total. The zero-order valence-corrected chi connectivity index (χ0v) is 8.96. The molecule has 0 N–H and O–H groups in total. The molecule has 0 aromatic rings. The second kappa shape index (κ2) is 3.66. The van der Waals surface area contributed by atoms with E-state index in [-0.39, 0.29) is 17.5 Å². The van der Waals surface area contributed by atoms with Crippen LogP contribution in [0.4, 0.5) is 0 Å². The standard InChI is InChI=1S/C10H19NO2/c1-10(2,3)13-9(12)8-5-6-11(4)7-8/h8H,5-7H2,1-4H3. The first kappa shape index (κ1) is 10.5. The molecule has 0 aliphatic carbocycles. The van der Waals surface area contributed by atoms with Crippen LogP contribution in [-0.2, 0) is 9.53 Å². The molecule has 0 radical (unpaired) electrons. The number of hydrogen-bond donors (Lipinski definition) is 0. The van der Waals surface area contributed by atoms with Crippen LogP contribution in [0.2, 0.25) is 0 Å². The van der Waals surface area contributed by atoms with Gasteiger partial charge in [0.25, 0.3) is 0 Å². The molecule has 0 saturated carbocycles. The quantitative estimate of drug-likeness (QED) is 0.576. The molecular formula is C10H19NO2. The van der Waals surface area contributed by atoms with Crippen molar-refractivity contribution in [1.29, 1.82) is 0 Å². The fourth-order valence-corrected chi connectivity index (χ4v) is 1.51. The number of hydrogen-bond acceptors (Lipinski definition) is 3. The second-order valence-electron chi connectivity index (χ2n) is 4.78. The Morgan fingerprint density at radius 2 is 2.08 bits per heavy atom. The SMILES string of the molecule is CN1CCC(C(=O)OC(C)(C)C)C1. The van der Waals surface area contributed by atoms with Gasteiger partial charge in [-0.15, -0.1) is 0 Å². The smallest absolute Gasteiger partial charge is 0.310 e. The van der Waals surface area contributed by atoms with Gasteiger partial charge in [0.1, 0.15) is 5.60 Å². The Morgan fingerprint density at radius 3 is 2.46 bits per heavy atom. The minimum Gasteiger partial charge on any atom is -0.460 e. The lowest BCUT2D eigenvalue weighted by molar-refractivity contribution is -0.159. The molecular weight excluding hydrogens is 166 g/mol. The van der Waals surface area contributed by atoms with Gasteiger partial charge in [-0.1, -0.05) is 0 Å². The summed E-state index contributed by atoms with van der Waals surface area (Å²) in [6.45, 7) is 7.56. The molecule has 3 heteroatoms. The topological polar surface area (TPSA) is 29.5 Å². The molecule has 1 unspecified atom stereocenters. The van der Waals surface area contributed by atoms with Crippen molar-refractivity contribution in [3.63, 3.8) is 0 Å². The fraction of sp³-hybridized carbons (Fsp3) is 0.900. The Bertz CT molecular complexity index is 196. The number of esters is 1. The molecule has 76 valence electrons. The maximum absolute atomic E-state index is 11.6. The summed E-state index contributed by atoms with van der Waals surface area (Å²) in [6.07, 6.45) is 0.936. The van der Waals surface area contributed by atoms with Gasteiger partial charge in [-0.3, -0.25) is 4.79 Å². The summed E-state index contributed by atoms with van der Waals surface area (Å²) in [5, 5.41) is 0. The number of rotatable bonds is 1. The lowest BCUT2D eigenvalue weighted by Gasteiger charge is -2.21. The predicted molar refractivity (Wildman–Crippen MR) is 51.4 cm³/mol. The number of ether oxygens (including phenoxy) is 1. The van der Waals surface area contributed by atoms with Crippen LogP contribution in [0, 0.1) is 5.92 Å². The zero-order valence-electron chi connectivity index (χ0n) is 8.96. The van der Waals surface area contributed by atoms with Crippen molar-refractivity contribution in [2.45, 2.75) is 32.8 Å². The molecule has 1 aliphatic heterocycles. The number of carbonyl (C=O) groups excluding carboxylic acids is 1. The highest BCUT2D eigenvalue weighted by molar-refractivity contribution is 5.73. The van der Waals surface area contributed by atoms with Crippen molar-refractivity contribution >= 4 is 5.97 Å². The van der Waals surface area contributed by atoms with E-state index in [0.29, 0.717) is 0 Å². The van der Waals surface area contributed by atoms with Crippen molar-refractivity contribution < 1.29 is 9.53 Å². The van der Waals surface area contributed by atoms with Crippen molar-refractivity contribution in [3.8, 4) is 0 Å². The van der Waals surface area contributed by atoms with Crippen LogP contribution in [0.3, 0.4) is 0 Å². The fourth-order valence-electron chi connectivity index (χ4n) is 1.51. The van der Waals surface area contributed by atoms with E-state index >= 15 is 0 Å². The summed E-state index contributed by atoms with van der Waals surface area (Å²) in [5.41, 5.74) is -0.349. The van der Waals surface area contributed by atoms with Gasteiger partial charge in [-0.05, 0) is 40.8 Å². The van der Waals surface area contributed by atoms with Gasteiger partial charge in [0.15, 0.2) is 0 Å². The van der Waals surface area contributed by atoms with Crippen LogP contribution in [0.15, 0.2) is 0 Å². The van der Waals surface area contributed by atoms with Crippen molar-refractivity contribution in [3.05, 3.63) is 0 Å². The average Bonchev–Trinajstić information content (AvgIpc) is 2.31. The first-order chi connectivity index (χ1) is 5.88. The Morgan fingerprint density at radius 1 is 1.46 bits per heavy atom. The molecule has 13 heavy (non-hydrogen) atoms. The van der Waals surface area contributed by atoms with Crippen LogP contribution in [0.1, 0.15) is 27.2 Å². The van der Waals surface area contributed by atoms with Crippen LogP contribution in [0.5, 0.6) is 0 Å². The Kier molecular flexibility index (Phi) is 2.96. The largest absolute Gasteiger partial charge is 0.460 e. The van der Waals surface area contributed by atoms with E-state index in [2.05, 4.69) is 4.90 Å². The maximum atomic E-state index is 11.6. The molecule has 0 aromatic carbocycles. The van der Waals surface area contributed by atoms with Crippen LogP contribution in [-0.4, -0.2) is 36.6 Å². The van der Waals surface area contributed by atoms with Crippen LogP contribution in [0.25, 0.3) is 0 Å². The zero-order chi connectivity index (χ0) is 10.1. The van der Waals surface area contributed by atoms with E-state index in [0.717, 1.165) is 19.5 Å². The summed E-state index contributed by atoms with van der Waals surface area (Å²) in [4.78, 5) is 13.7. The third-order valence-corrected chi connectivity index (χ3v) is 2.13. The van der Waals surface area contributed by atoms with Crippen molar-refractivity contribution in [2.24, 2.45) is 5.92 Å². The summed E-state index contributed by atoms with van der Waals surface area (Å²) in [5.74, 6) is 0.0427. The van der Waals surface area contributed by atoms with Gasteiger partial charge in [-0.2, -0.15) is 0 Å². The molecule has 1 fully saturated rings. The normalized spacial score (nSPS) is 24.8. The summed E-state index contributed by atoms with van der Waals surface area (Å²) in [7, 11) is 2.03. The molecule has 0 amide bonds. The maximum Gasteiger partial charge on any atom is 0.310 e. The van der Waals surface area contributed by atoms with Gasteiger partial charge in [0.05, 0.1) is 5.92 Å². The first-order valence-electron chi connectivity index (χ1n) is 4.80. The third-order valence-electron chi connectivity index (χ3n) is 2.13.